The average molecular weight is 395 g/mol. The summed E-state index contributed by atoms with van der Waals surface area (Å²) in [6.45, 7) is 3.34. The Labute approximate surface area is 171 Å². The second-order valence-electron chi connectivity index (χ2n) is 7.61. The van der Waals surface area contributed by atoms with Crippen LogP contribution < -0.4 is 5.32 Å². The maximum atomic E-state index is 6.09. The lowest BCUT2D eigenvalue weighted by Crippen LogP contribution is -2.33. The van der Waals surface area contributed by atoms with Crippen LogP contribution in [-0.2, 0) is 0 Å². The Morgan fingerprint density at radius 2 is 1.71 bits per heavy atom. The lowest BCUT2D eigenvalue weighted by molar-refractivity contribution is 0.340. The summed E-state index contributed by atoms with van der Waals surface area (Å²) >= 11 is 6.09. The summed E-state index contributed by atoms with van der Waals surface area (Å²) in [6, 6.07) is 12.7. The monoisotopic (exact) mass is 394 g/mol. The molecule has 0 atom stereocenters. The number of rotatable bonds is 6. The van der Waals surface area contributed by atoms with Gasteiger partial charge >= 0.3 is 0 Å². The van der Waals surface area contributed by atoms with Crippen molar-refractivity contribution in [3.05, 3.63) is 59.5 Å². The van der Waals surface area contributed by atoms with Crippen LogP contribution >= 0.6 is 11.6 Å². The molecular weight excluding hydrogens is 368 g/mol. The Bertz CT molecular complexity index is 881. The number of H-pyrrole nitrogens is 1. The minimum Gasteiger partial charge on any atom is -0.314 e. The molecule has 1 aliphatic rings. The summed E-state index contributed by atoms with van der Waals surface area (Å²) in [6.07, 6.45) is 9.69. The van der Waals surface area contributed by atoms with Gasteiger partial charge in [0.1, 0.15) is 5.69 Å². The lowest BCUT2D eigenvalue weighted by Gasteiger charge is -2.29. The minimum atomic E-state index is 0.511. The summed E-state index contributed by atoms with van der Waals surface area (Å²) < 4.78 is 0. The van der Waals surface area contributed by atoms with Crippen LogP contribution in [0.25, 0.3) is 22.4 Å². The molecule has 28 heavy (non-hydrogen) atoms. The summed E-state index contributed by atoms with van der Waals surface area (Å²) in [5.41, 5.74) is 5.69. The summed E-state index contributed by atoms with van der Waals surface area (Å²) in [4.78, 5) is 4.19. The van der Waals surface area contributed by atoms with Gasteiger partial charge in [0.2, 0.25) is 0 Å². The van der Waals surface area contributed by atoms with Crippen LogP contribution in [0.3, 0.4) is 0 Å². The van der Waals surface area contributed by atoms with E-state index in [0.717, 1.165) is 28.4 Å². The van der Waals surface area contributed by atoms with Crippen molar-refractivity contribution in [2.24, 2.45) is 0 Å². The molecule has 0 bridgehead atoms. The van der Waals surface area contributed by atoms with Crippen molar-refractivity contribution in [3.8, 4) is 22.4 Å². The molecule has 1 fully saturated rings. The van der Waals surface area contributed by atoms with Crippen LogP contribution in [0, 0.1) is 0 Å². The van der Waals surface area contributed by atoms with E-state index in [1.54, 1.807) is 0 Å². The third kappa shape index (κ3) is 4.13. The van der Waals surface area contributed by atoms with E-state index in [1.807, 2.05) is 36.7 Å². The number of hydrogen-bond acceptors (Lipinski definition) is 3. The fourth-order valence-corrected chi connectivity index (χ4v) is 4.34. The first-order valence-corrected chi connectivity index (χ1v) is 10.6. The Morgan fingerprint density at radius 3 is 2.39 bits per heavy atom. The van der Waals surface area contributed by atoms with Crippen LogP contribution in [0.5, 0.6) is 0 Å². The molecule has 0 spiro atoms. The van der Waals surface area contributed by atoms with Crippen molar-refractivity contribution in [2.45, 2.75) is 51.0 Å². The van der Waals surface area contributed by atoms with Gasteiger partial charge in [0.15, 0.2) is 0 Å². The Balaban J connectivity index is 1.66. The van der Waals surface area contributed by atoms with Crippen LogP contribution in [-0.4, -0.2) is 27.8 Å². The van der Waals surface area contributed by atoms with E-state index in [9.17, 15) is 0 Å². The summed E-state index contributed by atoms with van der Waals surface area (Å²) in [5, 5.41) is 12.5. The number of aromatic nitrogens is 3. The molecule has 146 valence electrons. The third-order valence-electron chi connectivity index (χ3n) is 5.70. The first-order valence-electron chi connectivity index (χ1n) is 10.2. The van der Waals surface area contributed by atoms with Gasteiger partial charge in [-0.05, 0) is 68.5 Å². The molecule has 3 aromatic rings. The largest absolute Gasteiger partial charge is 0.314 e. The van der Waals surface area contributed by atoms with Gasteiger partial charge in [0.05, 0.1) is 0 Å². The molecule has 0 amide bonds. The van der Waals surface area contributed by atoms with Crippen molar-refractivity contribution >= 4 is 11.6 Å². The van der Waals surface area contributed by atoms with E-state index in [1.165, 1.54) is 43.4 Å². The van der Waals surface area contributed by atoms with E-state index in [-0.39, 0.29) is 0 Å². The summed E-state index contributed by atoms with van der Waals surface area (Å²) in [7, 11) is 0. The van der Waals surface area contributed by atoms with Gasteiger partial charge in [-0.3, -0.25) is 10.1 Å². The zero-order valence-corrected chi connectivity index (χ0v) is 17.0. The highest BCUT2D eigenvalue weighted by atomic mass is 35.5. The maximum Gasteiger partial charge on any atom is 0.100 e. The molecule has 1 aromatic carbocycles. The van der Waals surface area contributed by atoms with Gasteiger partial charge in [-0.25, -0.2) is 0 Å². The zero-order valence-electron chi connectivity index (χ0n) is 16.3. The fraction of sp³-hybridized carbons (Fsp3) is 0.391. The van der Waals surface area contributed by atoms with E-state index >= 15 is 0 Å². The number of pyridine rings is 1. The van der Waals surface area contributed by atoms with Crippen molar-refractivity contribution in [1.82, 2.24) is 20.5 Å². The van der Waals surface area contributed by atoms with Gasteiger partial charge in [-0.2, -0.15) is 5.10 Å². The van der Waals surface area contributed by atoms with E-state index < -0.39 is 0 Å². The molecule has 4 rings (SSSR count). The highest BCUT2D eigenvalue weighted by molar-refractivity contribution is 6.30. The van der Waals surface area contributed by atoms with Crippen LogP contribution in [0.1, 0.15) is 50.6 Å². The number of hydrogen-bond donors (Lipinski definition) is 2. The number of nitrogens with zero attached hydrogens (tertiary/aromatic N) is 2. The van der Waals surface area contributed by atoms with Crippen molar-refractivity contribution in [1.29, 1.82) is 0 Å². The van der Waals surface area contributed by atoms with Gasteiger partial charge in [0, 0.05) is 46.2 Å². The highest BCUT2D eigenvalue weighted by Gasteiger charge is 2.27. The highest BCUT2D eigenvalue weighted by Crippen LogP contribution is 2.41. The number of nitrogens with one attached hydrogen (secondary N) is 2. The molecule has 1 saturated carbocycles. The standard InChI is InChI=1S/C23H27ClN4/c1-2-13-26-20-9-5-18(6-10-20)23-21(16-11-14-25-15-12-16)22(27-28-23)17-3-7-19(24)8-4-17/h3-4,7-8,11-12,14-15,18,20,26H,2,5-6,9-10,13H2,1H3,(H,27,28). The van der Waals surface area contributed by atoms with Gasteiger partial charge in [0.25, 0.3) is 0 Å². The molecule has 0 radical (unpaired) electrons. The molecule has 0 saturated heterocycles. The Morgan fingerprint density at radius 1 is 1.00 bits per heavy atom. The molecule has 0 aliphatic heterocycles. The van der Waals surface area contributed by atoms with Crippen LogP contribution in [0.15, 0.2) is 48.8 Å². The zero-order chi connectivity index (χ0) is 19.3. The quantitative estimate of drug-likeness (QED) is 0.554. The van der Waals surface area contributed by atoms with E-state index in [2.05, 4.69) is 34.5 Å². The van der Waals surface area contributed by atoms with Gasteiger partial charge in [-0.1, -0.05) is 30.7 Å². The second kappa shape index (κ2) is 8.89. The average Bonchev–Trinajstić information content (AvgIpc) is 3.19. The Hall–Kier alpha value is -2.17. The third-order valence-corrected chi connectivity index (χ3v) is 5.95. The van der Waals surface area contributed by atoms with Crippen molar-refractivity contribution < 1.29 is 0 Å². The topological polar surface area (TPSA) is 53.6 Å². The number of aromatic amines is 1. The normalized spacial score (nSPS) is 19.6. The maximum absolute atomic E-state index is 6.09. The van der Waals surface area contributed by atoms with Crippen LogP contribution in [0.2, 0.25) is 5.02 Å². The molecule has 2 heterocycles. The summed E-state index contributed by atoms with van der Waals surface area (Å²) in [5.74, 6) is 0.511. The molecule has 2 aromatic heterocycles. The molecule has 2 N–H and O–H groups in total. The van der Waals surface area contributed by atoms with E-state index in [4.69, 9.17) is 16.7 Å². The lowest BCUT2D eigenvalue weighted by atomic mass is 9.81. The fourth-order valence-electron chi connectivity index (χ4n) is 4.21. The molecule has 0 unspecified atom stereocenters. The first kappa shape index (κ1) is 19.2. The van der Waals surface area contributed by atoms with Crippen molar-refractivity contribution in [2.75, 3.05) is 6.54 Å². The molecule has 5 heteroatoms. The van der Waals surface area contributed by atoms with Gasteiger partial charge < -0.3 is 5.32 Å². The van der Waals surface area contributed by atoms with Crippen molar-refractivity contribution in [3.63, 3.8) is 0 Å². The predicted octanol–water partition coefficient (Wildman–Crippen LogP) is 5.82. The predicted molar refractivity (Wildman–Crippen MR) is 116 cm³/mol. The number of benzene rings is 1. The number of halogens is 1. The molecule has 1 aliphatic carbocycles. The van der Waals surface area contributed by atoms with Crippen LogP contribution in [0.4, 0.5) is 0 Å². The molecule has 4 nitrogen and oxygen atoms in total. The smallest absolute Gasteiger partial charge is 0.100 e. The second-order valence-corrected chi connectivity index (χ2v) is 8.04. The van der Waals surface area contributed by atoms with E-state index in [0.29, 0.717) is 12.0 Å². The SMILES string of the molecule is CCCNC1CCC(c2[nH]nc(-c3ccc(Cl)cc3)c2-c2ccncc2)CC1. The Kier molecular flexibility index (Phi) is 6.08. The molecular formula is C23H27ClN4. The first-order chi connectivity index (χ1) is 13.8. The minimum absolute atomic E-state index is 0.511. The van der Waals surface area contributed by atoms with Gasteiger partial charge in [-0.15, -0.1) is 0 Å².